The van der Waals surface area contributed by atoms with Crippen LogP contribution in [0.3, 0.4) is 0 Å². The number of aliphatic hydroxyl groups excluding tert-OH is 1. The monoisotopic (exact) mass is 466 g/mol. The maximum Gasteiger partial charge on any atom is 0.330 e. The molecule has 0 amide bonds. The van der Waals surface area contributed by atoms with Crippen LogP contribution in [0.2, 0.25) is 0 Å². The van der Waals surface area contributed by atoms with Gasteiger partial charge in [0.1, 0.15) is 6.23 Å². The molecule has 6 nitrogen and oxygen atoms in total. The van der Waals surface area contributed by atoms with Crippen LogP contribution in [0.4, 0.5) is 0 Å². The number of nitrogens with zero attached hydrogens (tertiary/aromatic N) is 1. The Kier molecular flexibility index (Phi) is 6.66. The van der Waals surface area contributed by atoms with Gasteiger partial charge in [0.2, 0.25) is 0 Å². The Morgan fingerprint density at radius 3 is 2.59 bits per heavy atom. The highest BCUT2D eigenvalue weighted by Gasteiger charge is 2.17. The van der Waals surface area contributed by atoms with Gasteiger partial charge in [0.25, 0.3) is 5.56 Å². The molecule has 2 N–H and O–H groups in total. The number of hydrogen-bond acceptors (Lipinski definition) is 4. The Morgan fingerprint density at radius 2 is 2.12 bits per heavy atom. The summed E-state index contributed by atoms with van der Waals surface area (Å²) in [4.78, 5) is 24.7. The first kappa shape index (κ1) is 15.1. The quantitative estimate of drug-likeness (QED) is 0.467. The SMILES string of the molecule is O=c1ccn(C(CI)OC(CO)CI)c(=O)[nH]1. The van der Waals surface area contributed by atoms with Gasteiger partial charge in [0, 0.05) is 21.1 Å². The third-order valence-corrected chi connectivity index (χ3v) is 3.75. The zero-order chi connectivity index (χ0) is 12.8. The number of aliphatic hydroxyl groups is 1. The topological polar surface area (TPSA) is 84.3 Å². The van der Waals surface area contributed by atoms with Gasteiger partial charge in [-0.05, 0) is 0 Å². The largest absolute Gasteiger partial charge is 0.394 e. The minimum absolute atomic E-state index is 0.103. The molecule has 1 rings (SSSR count). The van der Waals surface area contributed by atoms with E-state index in [0.717, 1.165) is 0 Å². The van der Waals surface area contributed by atoms with E-state index in [9.17, 15) is 9.59 Å². The van der Waals surface area contributed by atoms with Crippen LogP contribution in [0, 0.1) is 0 Å². The fourth-order valence-corrected chi connectivity index (χ4v) is 2.30. The molecular formula is C9H12I2N2O4. The molecule has 0 aliphatic carbocycles. The summed E-state index contributed by atoms with van der Waals surface area (Å²) in [7, 11) is 0. The average Bonchev–Trinajstić information content (AvgIpc) is 2.32. The predicted octanol–water partition coefficient (Wildman–Crippen LogP) is 0.283. The smallest absolute Gasteiger partial charge is 0.330 e. The second-order valence-corrected chi connectivity index (χ2v) is 4.98. The normalized spacial score (nSPS) is 14.5. The van der Waals surface area contributed by atoms with Crippen molar-refractivity contribution in [1.29, 1.82) is 0 Å². The van der Waals surface area contributed by atoms with Crippen LogP contribution in [-0.4, -0.2) is 36.2 Å². The van der Waals surface area contributed by atoms with Gasteiger partial charge in [-0.25, -0.2) is 4.79 Å². The first-order chi connectivity index (χ1) is 8.12. The van der Waals surface area contributed by atoms with E-state index in [2.05, 4.69) is 50.2 Å². The summed E-state index contributed by atoms with van der Waals surface area (Å²) in [5.74, 6) is 0. The number of H-pyrrole nitrogens is 1. The lowest BCUT2D eigenvalue weighted by atomic mass is 10.4. The summed E-state index contributed by atoms with van der Waals surface area (Å²) in [5, 5.41) is 9.05. The lowest BCUT2D eigenvalue weighted by Gasteiger charge is -2.22. The van der Waals surface area contributed by atoms with Crippen molar-refractivity contribution >= 4 is 45.2 Å². The highest BCUT2D eigenvalue weighted by atomic mass is 127. The molecule has 0 aliphatic rings. The molecule has 0 saturated carbocycles. The molecule has 2 unspecified atom stereocenters. The molecule has 0 saturated heterocycles. The van der Waals surface area contributed by atoms with Gasteiger partial charge in [0.15, 0.2) is 0 Å². The van der Waals surface area contributed by atoms with Crippen molar-refractivity contribution in [3.63, 3.8) is 0 Å². The third kappa shape index (κ3) is 4.34. The molecule has 0 aromatic carbocycles. The van der Waals surface area contributed by atoms with Crippen molar-refractivity contribution in [2.24, 2.45) is 0 Å². The molecule has 0 aliphatic heterocycles. The highest BCUT2D eigenvalue weighted by molar-refractivity contribution is 14.1. The number of nitrogens with one attached hydrogen (secondary N) is 1. The van der Waals surface area contributed by atoms with E-state index in [0.29, 0.717) is 8.86 Å². The zero-order valence-electron chi connectivity index (χ0n) is 8.81. The molecule has 1 aromatic rings. The van der Waals surface area contributed by atoms with Crippen molar-refractivity contribution in [3.05, 3.63) is 33.1 Å². The van der Waals surface area contributed by atoms with Crippen LogP contribution in [0.25, 0.3) is 0 Å². The van der Waals surface area contributed by atoms with Gasteiger partial charge < -0.3 is 9.84 Å². The van der Waals surface area contributed by atoms with Crippen molar-refractivity contribution in [2.45, 2.75) is 12.3 Å². The van der Waals surface area contributed by atoms with Crippen LogP contribution in [0.5, 0.6) is 0 Å². The second-order valence-electron chi connectivity index (χ2n) is 3.22. The lowest BCUT2D eigenvalue weighted by molar-refractivity contribution is -0.0502. The zero-order valence-corrected chi connectivity index (χ0v) is 13.1. The number of hydrogen-bond donors (Lipinski definition) is 2. The Morgan fingerprint density at radius 1 is 1.41 bits per heavy atom. The van der Waals surface area contributed by atoms with E-state index >= 15 is 0 Å². The van der Waals surface area contributed by atoms with Crippen LogP contribution < -0.4 is 11.2 Å². The van der Waals surface area contributed by atoms with Gasteiger partial charge in [0.05, 0.1) is 12.7 Å². The van der Waals surface area contributed by atoms with E-state index in [-0.39, 0.29) is 12.7 Å². The summed E-state index contributed by atoms with van der Waals surface area (Å²) < 4.78 is 8.05. The molecule has 1 heterocycles. The minimum Gasteiger partial charge on any atom is -0.394 e. The van der Waals surface area contributed by atoms with E-state index in [1.54, 1.807) is 0 Å². The Labute approximate surface area is 125 Å². The fraction of sp³-hybridized carbons (Fsp3) is 0.556. The highest BCUT2D eigenvalue weighted by Crippen LogP contribution is 2.13. The number of ether oxygens (including phenoxy) is 1. The van der Waals surface area contributed by atoms with Crippen molar-refractivity contribution in [3.8, 4) is 0 Å². The third-order valence-electron chi connectivity index (χ3n) is 2.02. The number of aromatic amines is 1. The van der Waals surface area contributed by atoms with Gasteiger partial charge in [-0.1, -0.05) is 45.2 Å². The summed E-state index contributed by atoms with van der Waals surface area (Å²) in [6.45, 7) is -0.103. The summed E-state index contributed by atoms with van der Waals surface area (Å²) >= 11 is 4.18. The fourth-order valence-electron chi connectivity index (χ4n) is 1.18. The van der Waals surface area contributed by atoms with Crippen molar-refractivity contribution in [1.82, 2.24) is 9.55 Å². The van der Waals surface area contributed by atoms with Crippen molar-refractivity contribution < 1.29 is 9.84 Å². The average molecular weight is 466 g/mol. The predicted molar refractivity (Wildman–Crippen MR) is 80.1 cm³/mol. The summed E-state index contributed by atoms with van der Waals surface area (Å²) in [6.07, 6.45) is 0.576. The molecule has 2 atom stereocenters. The number of aromatic nitrogens is 2. The van der Waals surface area contributed by atoms with Crippen LogP contribution >= 0.6 is 45.2 Å². The van der Waals surface area contributed by atoms with Crippen LogP contribution in [0.1, 0.15) is 6.23 Å². The molecule has 0 radical (unpaired) electrons. The van der Waals surface area contributed by atoms with Gasteiger partial charge in [-0.15, -0.1) is 0 Å². The Bertz CT molecular complexity index is 455. The maximum absolute atomic E-state index is 11.6. The van der Waals surface area contributed by atoms with Gasteiger partial charge in [-0.2, -0.15) is 0 Å². The Hall–Kier alpha value is 0.0600. The van der Waals surface area contributed by atoms with E-state index < -0.39 is 17.5 Å². The number of alkyl halides is 2. The van der Waals surface area contributed by atoms with E-state index in [4.69, 9.17) is 9.84 Å². The Balaban J connectivity index is 2.93. The molecular weight excluding hydrogens is 454 g/mol. The molecule has 0 bridgehead atoms. The standard InChI is InChI=1S/C9H12I2N2O4/c10-3-6(5-14)17-8(4-11)13-2-1-7(15)12-9(13)16/h1-2,6,8,14H,3-5H2,(H,12,15,16). The van der Waals surface area contributed by atoms with E-state index in [1.807, 2.05) is 0 Å². The van der Waals surface area contributed by atoms with Gasteiger partial charge >= 0.3 is 5.69 Å². The molecule has 1 aromatic heterocycles. The molecule has 8 heteroatoms. The van der Waals surface area contributed by atoms with Crippen LogP contribution in [0.15, 0.2) is 21.9 Å². The van der Waals surface area contributed by atoms with Crippen LogP contribution in [-0.2, 0) is 4.74 Å². The molecule has 96 valence electrons. The van der Waals surface area contributed by atoms with Gasteiger partial charge in [-0.3, -0.25) is 14.3 Å². The number of halogens is 2. The molecule has 17 heavy (non-hydrogen) atoms. The first-order valence-corrected chi connectivity index (χ1v) is 7.87. The lowest BCUT2D eigenvalue weighted by Crippen LogP contribution is -2.35. The number of rotatable bonds is 6. The maximum atomic E-state index is 11.6. The van der Waals surface area contributed by atoms with E-state index in [1.165, 1.54) is 16.8 Å². The minimum atomic E-state index is -0.510. The first-order valence-electron chi connectivity index (χ1n) is 4.82. The summed E-state index contributed by atoms with van der Waals surface area (Å²) in [6, 6.07) is 1.27. The molecule has 0 fully saturated rings. The summed E-state index contributed by atoms with van der Waals surface area (Å²) in [5.41, 5.74) is -0.949. The molecule has 0 spiro atoms. The van der Waals surface area contributed by atoms with Crippen molar-refractivity contribution in [2.75, 3.05) is 15.5 Å². The second kappa shape index (κ2) is 7.48.